The van der Waals surface area contributed by atoms with Crippen LogP contribution in [0.4, 0.5) is 19.0 Å². The molecule has 33 heavy (non-hydrogen) atoms. The molecule has 2 aromatic heterocycles. The van der Waals surface area contributed by atoms with Gasteiger partial charge < -0.3 is 15.1 Å². The van der Waals surface area contributed by atoms with Crippen LogP contribution < -0.4 is 21.9 Å². The number of hydrogen-bond donors (Lipinski definition) is 3. The molecule has 3 aromatic rings. The molecule has 3 heterocycles. The lowest BCUT2D eigenvalue weighted by Gasteiger charge is -2.30. The van der Waals surface area contributed by atoms with Gasteiger partial charge in [0.2, 0.25) is 0 Å². The molecule has 3 N–H and O–H groups in total. The highest BCUT2D eigenvalue weighted by Gasteiger charge is 2.68. The number of halogens is 5. The second-order valence-electron chi connectivity index (χ2n) is 6.93. The summed E-state index contributed by atoms with van der Waals surface area (Å²) in [6, 6.07) is 6.29. The molecule has 0 unspecified atom stereocenters. The minimum atomic E-state index is -5.49. The molecule has 14 heteroatoms. The topological polar surface area (TPSA) is 126 Å². The molecule has 9 nitrogen and oxygen atoms in total. The van der Waals surface area contributed by atoms with Gasteiger partial charge in [0.25, 0.3) is 22.9 Å². The molecule has 0 radical (unpaired) electrons. The van der Waals surface area contributed by atoms with E-state index in [0.717, 1.165) is 12.1 Å². The maximum atomic E-state index is 14.4. The minimum absolute atomic E-state index is 0.115. The first-order chi connectivity index (χ1) is 15.5. The van der Waals surface area contributed by atoms with Crippen molar-refractivity contribution < 1.29 is 27.2 Å². The Morgan fingerprint density at radius 1 is 1.18 bits per heavy atom. The van der Waals surface area contributed by atoms with Crippen LogP contribution in [-0.2, 0) is 16.9 Å². The Morgan fingerprint density at radius 2 is 1.91 bits per heavy atom. The van der Waals surface area contributed by atoms with Crippen molar-refractivity contribution in [3.8, 4) is 0 Å². The number of aromatic amines is 1. The molecule has 0 bridgehead atoms. The van der Waals surface area contributed by atoms with Gasteiger partial charge in [0, 0.05) is 5.02 Å². The zero-order valence-corrected chi connectivity index (χ0v) is 17.6. The largest absolute Gasteiger partial charge is 0.467 e. The van der Waals surface area contributed by atoms with Gasteiger partial charge in [-0.2, -0.15) is 13.2 Å². The Kier molecular flexibility index (Phi) is 5.37. The average Bonchev–Trinajstić information content (AvgIpc) is 3.31. The summed E-state index contributed by atoms with van der Waals surface area (Å²) < 4.78 is 48.9. The third-order valence-electron chi connectivity index (χ3n) is 4.94. The Bertz CT molecular complexity index is 1400. The number of carbonyl (C=O) groups excluding carboxylic acids is 2. The van der Waals surface area contributed by atoms with E-state index in [0.29, 0.717) is 4.57 Å². The van der Waals surface area contributed by atoms with Crippen LogP contribution in [0.5, 0.6) is 0 Å². The van der Waals surface area contributed by atoms with Gasteiger partial charge in [0.15, 0.2) is 0 Å². The Morgan fingerprint density at radius 3 is 2.52 bits per heavy atom. The third kappa shape index (κ3) is 3.60. The molecule has 1 aliphatic rings. The van der Waals surface area contributed by atoms with Crippen LogP contribution in [0.25, 0.3) is 0 Å². The highest BCUT2D eigenvalue weighted by molar-refractivity contribution is 6.36. The second-order valence-corrected chi connectivity index (χ2v) is 7.77. The number of hydrogen-bond acceptors (Lipinski definition) is 5. The van der Waals surface area contributed by atoms with Gasteiger partial charge in [-0.15, -0.1) is 0 Å². The van der Waals surface area contributed by atoms with Crippen molar-refractivity contribution in [2.75, 3.05) is 5.32 Å². The number of furan rings is 1. The summed E-state index contributed by atoms with van der Waals surface area (Å²) in [7, 11) is 0. The molecule has 1 aliphatic heterocycles. The first-order valence-electron chi connectivity index (χ1n) is 9.01. The Balaban J connectivity index is 1.91. The first kappa shape index (κ1) is 22.7. The molecule has 4 rings (SSSR count). The van der Waals surface area contributed by atoms with Crippen molar-refractivity contribution in [1.82, 2.24) is 14.9 Å². The van der Waals surface area contributed by atoms with Crippen molar-refractivity contribution in [3.05, 3.63) is 84.4 Å². The standard InChI is InChI=1S/C19H11Cl2F3N4O5/c20-8-3-4-10(11(21)6-8)14(29)27-18(19(22,23)24)12-13(25-16(18)31)28(17(32)26-15(12)30)7-9-2-1-5-33-9/h1-6H,7H2,(H,25,31)(H,27,29)(H,26,30,32)/t18-/m1/s1. The first-order valence-corrected chi connectivity index (χ1v) is 9.77. The zero-order chi connectivity index (χ0) is 24.1. The number of H-pyrrole nitrogens is 1. The molecule has 0 saturated heterocycles. The molecule has 0 spiro atoms. The second kappa shape index (κ2) is 7.81. The summed E-state index contributed by atoms with van der Waals surface area (Å²) in [6.45, 7) is -0.407. The molecule has 0 fully saturated rings. The predicted molar refractivity (Wildman–Crippen MR) is 109 cm³/mol. The number of fused-ring (bicyclic) bond motifs is 1. The Labute approximate surface area is 191 Å². The van der Waals surface area contributed by atoms with Crippen molar-refractivity contribution in [2.24, 2.45) is 0 Å². The number of benzene rings is 1. The molecule has 1 aromatic carbocycles. The van der Waals surface area contributed by atoms with Crippen molar-refractivity contribution >= 4 is 40.8 Å². The monoisotopic (exact) mass is 502 g/mol. The van der Waals surface area contributed by atoms with E-state index in [2.05, 4.69) is 0 Å². The fourth-order valence-corrected chi connectivity index (χ4v) is 3.94. The van der Waals surface area contributed by atoms with Gasteiger partial charge in [-0.3, -0.25) is 23.9 Å². The third-order valence-corrected chi connectivity index (χ3v) is 5.49. The molecule has 1 atom stereocenters. The smallest absolute Gasteiger partial charge is 0.425 e. The molecule has 0 aliphatic carbocycles. The van der Waals surface area contributed by atoms with Gasteiger partial charge in [0.1, 0.15) is 17.1 Å². The van der Waals surface area contributed by atoms with Crippen LogP contribution in [0.1, 0.15) is 21.7 Å². The van der Waals surface area contributed by atoms with Crippen LogP contribution >= 0.6 is 23.2 Å². The molecule has 0 saturated carbocycles. The van der Waals surface area contributed by atoms with E-state index in [1.165, 1.54) is 24.5 Å². The van der Waals surface area contributed by atoms with Gasteiger partial charge in [-0.05, 0) is 30.3 Å². The fraction of sp³-hybridized carbons (Fsp3) is 0.158. The van der Waals surface area contributed by atoms with E-state index in [1.807, 2.05) is 5.32 Å². The molecule has 2 amide bonds. The number of rotatable bonds is 4. The van der Waals surface area contributed by atoms with Crippen molar-refractivity contribution in [2.45, 2.75) is 18.3 Å². The lowest BCUT2D eigenvalue weighted by Crippen LogP contribution is -2.62. The maximum absolute atomic E-state index is 14.4. The van der Waals surface area contributed by atoms with Crippen LogP contribution in [0.3, 0.4) is 0 Å². The van der Waals surface area contributed by atoms with Gasteiger partial charge in [-0.1, -0.05) is 23.2 Å². The quantitative estimate of drug-likeness (QED) is 0.505. The number of alkyl halides is 3. The van der Waals surface area contributed by atoms with Gasteiger partial charge in [0.05, 0.1) is 23.4 Å². The molecule has 172 valence electrons. The van der Waals surface area contributed by atoms with E-state index in [-0.39, 0.29) is 15.8 Å². The van der Waals surface area contributed by atoms with Crippen molar-refractivity contribution in [3.63, 3.8) is 0 Å². The SMILES string of the molecule is O=C(N[C@@]1(C(F)(F)F)C(=O)Nc2c1c(=O)[nH]c(=O)n2Cc1ccco1)c1ccc(Cl)cc1Cl. The number of carbonyl (C=O) groups is 2. The highest BCUT2D eigenvalue weighted by Crippen LogP contribution is 2.45. The summed E-state index contributed by atoms with van der Waals surface area (Å²) in [5.41, 5.74) is -8.05. The van der Waals surface area contributed by atoms with Gasteiger partial charge in [-0.25, -0.2) is 4.79 Å². The van der Waals surface area contributed by atoms with E-state index < -0.39 is 58.3 Å². The van der Waals surface area contributed by atoms with E-state index in [4.69, 9.17) is 27.6 Å². The number of anilines is 1. The van der Waals surface area contributed by atoms with Crippen LogP contribution in [-0.4, -0.2) is 27.5 Å². The average molecular weight is 503 g/mol. The number of aromatic nitrogens is 2. The van der Waals surface area contributed by atoms with Crippen LogP contribution in [0.15, 0.2) is 50.6 Å². The minimum Gasteiger partial charge on any atom is -0.467 e. The lowest BCUT2D eigenvalue weighted by atomic mass is 9.91. The summed E-state index contributed by atoms with van der Waals surface area (Å²) in [5.74, 6) is -3.76. The van der Waals surface area contributed by atoms with E-state index >= 15 is 0 Å². The van der Waals surface area contributed by atoms with Gasteiger partial charge >= 0.3 is 11.9 Å². The maximum Gasteiger partial charge on any atom is 0.425 e. The number of nitrogens with zero attached hydrogens (tertiary/aromatic N) is 1. The lowest BCUT2D eigenvalue weighted by molar-refractivity contribution is -0.196. The fourth-order valence-electron chi connectivity index (χ4n) is 3.44. The summed E-state index contributed by atoms with van der Waals surface area (Å²) in [6.07, 6.45) is -4.22. The Hall–Kier alpha value is -3.51. The van der Waals surface area contributed by atoms with E-state index in [9.17, 15) is 32.3 Å². The highest BCUT2D eigenvalue weighted by atomic mass is 35.5. The summed E-state index contributed by atoms with van der Waals surface area (Å²) in [5, 5.41) is 3.34. The van der Waals surface area contributed by atoms with Crippen molar-refractivity contribution in [1.29, 1.82) is 0 Å². The summed E-state index contributed by atoms with van der Waals surface area (Å²) in [4.78, 5) is 52.1. The molecular weight excluding hydrogens is 492 g/mol. The zero-order valence-electron chi connectivity index (χ0n) is 16.0. The van der Waals surface area contributed by atoms with E-state index in [1.54, 1.807) is 10.3 Å². The van der Waals surface area contributed by atoms with Crippen LogP contribution in [0, 0.1) is 0 Å². The number of amides is 2. The summed E-state index contributed by atoms with van der Waals surface area (Å²) >= 11 is 11.7. The normalized spacial score (nSPS) is 17.5. The predicted octanol–water partition coefficient (Wildman–Crippen LogP) is 2.62. The number of nitrogens with one attached hydrogen (secondary N) is 3. The molecular formula is C19H11Cl2F3N4O5. The van der Waals surface area contributed by atoms with Crippen LogP contribution in [0.2, 0.25) is 10.0 Å².